The summed E-state index contributed by atoms with van der Waals surface area (Å²) in [5.41, 5.74) is 0. The molecule has 0 amide bonds. The standard InChI is InChI=1S/2C2H2.Si/c2*1-2;/h2*1-2H;. The van der Waals surface area contributed by atoms with Crippen LogP contribution in [0, 0.1) is 25.7 Å². The molecular formula is C4H4Si. The molecule has 0 saturated heterocycles. The van der Waals surface area contributed by atoms with Gasteiger partial charge in [-0.2, -0.15) is 0 Å². The summed E-state index contributed by atoms with van der Waals surface area (Å²) in [5.74, 6) is 0. The number of hydrogen-bond donors (Lipinski definition) is 0. The van der Waals surface area contributed by atoms with Crippen molar-refractivity contribution in [2.75, 3.05) is 0 Å². The van der Waals surface area contributed by atoms with Crippen molar-refractivity contribution in [3.63, 3.8) is 0 Å². The first kappa shape index (κ1) is 27.0. The van der Waals surface area contributed by atoms with Crippen molar-refractivity contribution in [1.29, 1.82) is 0 Å². The molecule has 1 heteroatoms. The van der Waals surface area contributed by atoms with E-state index < -0.39 is 0 Å². The molecule has 0 nitrogen and oxygen atoms in total. The molecule has 0 bridgehead atoms. The molecule has 0 fully saturated rings. The van der Waals surface area contributed by atoms with E-state index in [1.165, 1.54) is 0 Å². The summed E-state index contributed by atoms with van der Waals surface area (Å²) < 4.78 is 0. The number of rotatable bonds is 0. The van der Waals surface area contributed by atoms with Gasteiger partial charge in [0.05, 0.1) is 0 Å². The summed E-state index contributed by atoms with van der Waals surface area (Å²) >= 11 is 0. The van der Waals surface area contributed by atoms with Crippen LogP contribution < -0.4 is 0 Å². The normalized spacial score (nSPS) is 0.800. The molecule has 0 aromatic rings. The maximum atomic E-state index is 4.00. The van der Waals surface area contributed by atoms with Crippen LogP contribution in [0.3, 0.4) is 0 Å². The van der Waals surface area contributed by atoms with E-state index in [9.17, 15) is 0 Å². The van der Waals surface area contributed by atoms with Crippen molar-refractivity contribution in [2.45, 2.75) is 0 Å². The van der Waals surface area contributed by atoms with Crippen LogP contribution >= 0.6 is 0 Å². The summed E-state index contributed by atoms with van der Waals surface area (Å²) in [6, 6.07) is 0. The molecule has 0 rings (SSSR count). The second-order valence-corrected chi connectivity index (χ2v) is 0. The fourth-order valence-corrected chi connectivity index (χ4v) is 0. The van der Waals surface area contributed by atoms with Gasteiger partial charge in [-0.25, -0.2) is 0 Å². The Bertz CT molecular complexity index is 19.1. The summed E-state index contributed by atoms with van der Waals surface area (Å²) in [6.07, 6.45) is 16.0. The monoisotopic (exact) mass is 80.0 g/mol. The Kier molecular flexibility index (Phi) is 224. The predicted octanol–water partition coefficient (Wildman–Crippen LogP) is 0.118. The number of hydrogen-bond acceptors (Lipinski definition) is 0. The van der Waals surface area contributed by atoms with E-state index in [1.807, 2.05) is 0 Å². The predicted molar refractivity (Wildman–Crippen MR) is 25.5 cm³/mol. The quantitative estimate of drug-likeness (QED) is 0.286. The average molecular weight is 80.2 g/mol. The van der Waals surface area contributed by atoms with Crippen molar-refractivity contribution in [3.05, 3.63) is 0 Å². The molecule has 0 unspecified atom stereocenters. The van der Waals surface area contributed by atoms with Crippen molar-refractivity contribution in [3.8, 4) is 25.7 Å². The highest BCUT2D eigenvalue weighted by Gasteiger charge is 0.456. The first-order valence-electron chi connectivity index (χ1n) is 0.667. The summed E-state index contributed by atoms with van der Waals surface area (Å²) in [6.45, 7) is 0. The van der Waals surface area contributed by atoms with E-state index in [1.54, 1.807) is 0 Å². The summed E-state index contributed by atoms with van der Waals surface area (Å²) in [4.78, 5) is 0. The molecule has 0 saturated carbocycles. The van der Waals surface area contributed by atoms with E-state index in [0.717, 1.165) is 0 Å². The largest absolute Gasteiger partial charge is 0.124 e. The van der Waals surface area contributed by atoms with Crippen LogP contribution in [0.25, 0.3) is 0 Å². The Morgan fingerprint density at radius 2 is 0.600 bits per heavy atom. The maximum absolute atomic E-state index is 4.00. The van der Waals surface area contributed by atoms with Gasteiger partial charge in [0.1, 0.15) is 0 Å². The Balaban J connectivity index is -0.0000000133. The third-order valence-corrected chi connectivity index (χ3v) is 0. The highest BCUT2D eigenvalue weighted by Crippen LogP contribution is 0.581. The van der Waals surface area contributed by atoms with Crippen LogP contribution in [0.4, 0.5) is 0 Å². The smallest absolute Gasteiger partial charge is 0 e. The van der Waals surface area contributed by atoms with Gasteiger partial charge in [0, 0.05) is 11.0 Å². The topological polar surface area (TPSA) is 0 Å². The highest BCUT2D eigenvalue weighted by molar-refractivity contribution is 5.75. The maximum Gasteiger partial charge on any atom is 0 e. The third kappa shape index (κ3) is 13.6. The lowest BCUT2D eigenvalue weighted by molar-refractivity contribution is 3.31. The highest BCUT2D eigenvalue weighted by atomic mass is 28.1. The molecule has 0 spiro atoms. The van der Waals surface area contributed by atoms with Gasteiger partial charge < -0.3 is 0 Å². The van der Waals surface area contributed by atoms with Crippen molar-refractivity contribution in [2.24, 2.45) is 0 Å². The zero-order chi connectivity index (χ0) is 4.00. The Labute approximate surface area is 37.6 Å². The first-order valence-corrected chi connectivity index (χ1v) is 0.667. The Morgan fingerprint density at radius 1 is 0.600 bits per heavy atom. The van der Waals surface area contributed by atoms with E-state index in [2.05, 4.69) is 25.7 Å². The van der Waals surface area contributed by atoms with Gasteiger partial charge in [-0.15, -0.1) is 25.7 Å². The lowest BCUT2D eigenvalue weighted by Gasteiger charge is -0.701. The van der Waals surface area contributed by atoms with Gasteiger partial charge in [0.15, 0.2) is 0 Å². The van der Waals surface area contributed by atoms with E-state index in [0.29, 0.717) is 0 Å². The van der Waals surface area contributed by atoms with Crippen LogP contribution in [-0.4, -0.2) is 11.0 Å². The van der Waals surface area contributed by atoms with E-state index in [4.69, 9.17) is 0 Å². The van der Waals surface area contributed by atoms with Crippen LogP contribution in [0.2, 0.25) is 0 Å². The van der Waals surface area contributed by atoms with Crippen molar-refractivity contribution >= 4 is 11.0 Å². The second kappa shape index (κ2) is 41.4. The molecule has 0 aliphatic rings. The zero-order valence-electron chi connectivity index (χ0n) is 2.81. The minimum Gasteiger partial charge on any atom is -0.124 e. The zero-order valence-corrected chi connectivity index (χ0v) is 3.81. The van der Waals surface area contributed by atoms with E-state index in [-0.39, 0.29) is 11.0 Å². The molecule has 4 radical (unpaired) electrons. The molecule has 24 valence electrons. The van der Waals surface area contributed by atoms with Gasteiger partial charge in [-0.3, -0.25) is 0 Å². The van der Waals surface area contributed by atoms with Gasteiger partial charge >= 0.3 is 0 Å². The Morgan fingerprint density at radius 3 is 0.600 bits per heavy atom. The molecule has 0 aliphatic carbocycles. The van der Waals surface area contributed by atoms with Crippen LogP contribution in [0.15, 0.2) is 0 Å². The van der Waals surface area contributed by atoms with Crippen molar-refractivity contribution in [1.82, 2.24) is 0 Å². The molecular weight excluding hydrogens is 76.1 g/mol. The van der Waals surface area contributed by atoms with Gasteiger partial charge in [-0.1, -0.05) is 0 Å². The van der Waals surface area contributed by atoms with Gasteiger partial charge in [0.25, 0.3) is 0 Å². The number of terminal acetylenes is 2. The average Bonchev–Trinajstić information content (AvgIpc) is 1.50. The van der Waals surface area contributed by atoms with Crippen LogP contribution in [0.1, 0.15) is 0 Å². The molecule has 0 N–H and O–H groups in total. The van der Waals surface area contributed by atoms with E-state index >= 15 is 0 Å². The van der Waals surface area contributed by atoms with Crippen LogP contribution in [-0.2, 0) is 0 Å². The van der Waals surface area contributed by atoms with Gasteiger partial charge in [0.2, 0.25) is 0 Å². The molecule has 0 aromatic carbocycles. The molecule has 0 aliphatic heterocycles. The summed E-state index contributed by atoms with van der Waals surface area (Å²) in [5, 5.41) is 0. The molecule has 0 aromatic heterocycles. The second-order valence-electron chi connectivity index (χ2n) is 0. The fraction of sp³-hybridized carbons (Fsp3) is 0. The minimum atomic E-state index is 0. The van der Waals surface area contributed by atoms with Crippen LogP contribution in [0.5, 0.6) is 0 Å². The minimum absolute atomic E-state index is 0. The lowest BCUT2D eigenvalue weighted by Crippen LogP contribution is -0.576. The SMILES string of the molecule is C#C.C#C.[Si]. The fourth-order valence-electron chi connectivity index (χ4n) is 0. The molecule has 5 heavy (non-hydrogen) atoms. The Hall–Kier alpha value is -0.663. The molecule has 0 atom stereocenters. The lowest BCUT2D eigenvalue weighted by atomic mass is 11.4. The molecule has 0 heterocycles. The van der Waals surface area contributed by atoms with Gasteiger partial charge in [-0.05, 0) is 0 Å². The summed E-state index contributed by atoms with van der Waals surface area (Å²) in [7, 11) is 0. The third-order valence-electron chi connectivity index (χ3n) is 0. The first-order chi connectivity index (χ1) is 2.00. The van der Waals surface area contributed by atoms with Crippen molar-refractivity contribution < 1.29 is 0 Å².